The molecule has 0 atom stereocenters. The molecule has 0 radical (unpaired) electrons. The first-order chi connectivity index (χ1) is 6.27. The van der Waals surface area contributed by atoms with Crippen molar-refractivity contribution in [1.29, 1.82) is 0 Å². The first kappa shape index (κ1) is 11.0. The summed E-state index contributed by atoms with van der Waals surface area (Å²) in [4.78, 5) is 0. The lowest BCUT2D eigenvalue weighted by Gasteiger charge is -2.10. The molecule has 13 heavy (non-hydrogen) atoms. The smallest absolute Gasteiger partial charge is 0.0154 e. The van der Waals surface area contributed by atoms with Crippen LogP contribution in [0.5, 0.6) is 0 Å². The van der Waals surface area contributed by atoms with Gasteiger partial charge in [-0.05, 0) is 45.7 Å². The molecule has 0 aromatic heterocycles. The molecule has 3 N–H and O–H groups in total. The van der Waals surface area contributed by atoms with Crippen LogP contribution in [0, 0.1) is 0 Å². The van der Waals surface area contributed by atoms with Gasteiger partial charge in [0.1, 0.15) is 0 Å². The lowest BCUT2D eigenvalue weighted by molar-refractivity contribution is 0.506. The zero-order chi connectivity index (χ0) is 9.57. The van der Waals surface area contributed by atoms with Gasteiger partial charge in [-0.1, -0.05) is 19.3 Å². The van der Waals surface area contributed by atoms with Gasteiger partial charge >= 0.3 is 0 Å². The minimum Gasteiger partial charge on any atom is -0.330 e. The molecule has 1 rings (SSSR count). The molecule has 0 aromatic rings. The minimum absolute atomic E-state index is 0.525. The van der Waals surface area contributed by atoms with Crippen molar-refractivity contribution in [3.05, 3.63) is 0 Å². The third kappa shape index (κ3) is 5.27. The van der Waals surface area contributed by atoms with Gasteiger partial charge in [-0.15, -0.1) is 0 Å². The van der Waals surface area contributed by atoms with E-state index in [1.807, 2.05) is 0 Å². The summed E-state index contributed by atoms with van der Waals surface area (Å²) in [5.74, 6) is 0. The summed E-state index contributed by atoms with van der Waals surface area (Å²) in [6, 6.07) is 0. The molecule has 1 saturated carbocycles. The van der Waals surface area contributed by atoms with Crippen LogP contribution < -0.4 is 11.1 Å². The molecular weight excluding hydrogens is 160 g/mol. The van der Waals surface area contributed by atoms with E-state index >= 15 is 0 Å². The number of rotatable bonds is 8. The Kier molecular flexibility index (Phi) is 4.74. The Morgan fingerprint density at radius 2 is 1.69 bits per heavy atom. The van der Waals surface area contributed by atoms with Gasteiger partial charge in [0.25, 0.3) is 0 Å². The maximum absolute atomic E-state index is 5.42. The molecule has 78 valence electrons. The third-order valence-corrected chi connectivity index (χ3v) is 2.93. The van der Waals surface area contributed by atoms with Crippen molar-refractivity contribution < 1.29 is 0 Å². The summed E-state index contributed by atoms with van der Waals surface area (Å²) in [6.45, 7) is 4.39. The predicted molar refractivity (Wildman–Crippen MR) is 57.8 cm³/mol. The topological polar surface area (TPSA) is 38.0 Å². The van der Waals surface area contributed by atoms with Crippen LogP contribution in [-0.4, -0.2) is 18.6 Å². The predicted octanol–water partition coefficient (Wildman–Crippen LogP) is 2.04. The summed E-state index contributed by atoms with van der Waals surface area (Å²) < 4.78 is 0. The first-order valence-electron chi connectivity index (χ1n) is 5.72. The van der Waals surface area contributed by atoms with Crippen molar-refractivity contribution in [3.8, 4) is 0 Å². The van der Waals surface area contributed by atoms with Crippen molar-refractivity contribution in [2.45, 2.75) is 57.4 Å². The lowest BCUT2D eigenvalue weighted by atomic mass is 10.1. The number of unbranched alkanes of at least 4 members (excludes halogenated alkanes) is 4. The van der Waals surface area contributed by atoms with Crippen LogP contribution in [0.25, 0.3) is 0 Å². The van der Waals surface area contributed by atoms with Crippen LogP contribution >= 0.6 is 0 Å². The molecule has 0 bridgehead atoms. The summed E-state index contributed by atoms with van der Waals surface area (Å²) in [6.07, 6.45) is 9.32. The summed E-state index contributed by atoms with van der Waals surface area (Å²) >= 11 is 0. The molecule has 1 fully saturated rings. The number of nitrogens with two attached hydrogens (primary N) is 1. The maximum atomic E-state index is 5.42. The zero-order valence-electron chi connectivity index (χ0n) is 8.94. The van der Waals surface area contributed by atoms with Gasteiger partial charge in [0, 0.05) is 5.54 Å². The Balaban J connectivity index is 1.74. The molecule has 0 heterocycles. The highest BCUT2D eigenvalue weighted by molar-refractivity contribution is 4.97. The second-order valence-corrected chi connectivity index (χ2v) is 4.54. The first-order valence-corrected chi connectivity index (χ1v) is 5.72. The highest BCUT2D eigenvalue weighted by Gasteiger charge is 2.35. The Morgan fingerprint density at radius 3 is 2.31 bits per heavy atom. The molecule has 0 amide bonds. The Bertz CT molecular complexity index is 130. The lowest BCUT2D eigenvalue weighted by Crippen LogP contribution is -2.28. The standard InChI is InChI=1S/C11H24N2/c1-11(7-8-11)13-10-6-4-2-3-5-9-12/h13H,2-10,12H2,1H3. The molecule has 0 saturated heterocycles. The minimum atomic E-state index is 0.525. The van der Waals surface area contributed by atoms with E-state index in [9.17, 15) is 0 Å². The zero-order valence-corrected chi connectivity index (χ0v) is 8.94. The fraction of sp³-hybridized carbons (Fsp3) is 1.00. The highest BCUT2D eigenvalue weighted by Crippen LogP contribution is 2.34. The Morgan fingerprint density at radius 1 is 1.08 bits per heavy atom. The Hall–Kier alpha value is -0.0800. The number of hydrogen-bond acceptors (Lipinski definition) is 2. The molecule has 2 nitrogen and oxygen atoms in total. The molecular formula is C11H24N2. The van der Waals surface area contributed by atoms with Crippen LogP contribution in [-0.2, 0) is 0 Å². The van der Waals surface area contributed by atoms with E-state index in [4.69, 9.17) is 5.73 Å². The number of hydrogen-bond donors (Lipinski definition) is 2. The average molecular weight is 184 g/mol. The normalized spacial score (nSPS) is 18.9. The molecule has 0 aromatic carbocycles. The van der Waals surface area contributed by atoms with E-state index in [0.29, 0.717) is 5.54 Å². The van der Waals surface area contributed by atoms with Gasteiger partial charge in [-0.3, -0.25) is 0 Å². The SMILES string of the molecule is CC1(NCCCCCCCN)CC1. The van der Waals surface area contributed by atoms with Crippen molar-refractivity contribution in [2.75, 3.05) is 13.1 Å². The monoisotopic (exact) mass is 184 g/mol. The van der Waals surface area contributed by atoms with Gasteiger partial charge in [0.2, 0.25) is 0 Å². The summed E-state index contributed by atoms with van der Waals surface area (Å²) in [7, 11) is 0. The van der Waals surface area contributed by atoms with Crippen molar-refractivity contribution in [1.82, 2.24) is 5.32 Å². The second kappa shape index (κ2) is 5.61. The van der Waals surface area contributed by atoms with E-state index in [-0.39, 0.29) is 0 Å². The maximum Gasteiger partial charge on any atom is 0.0154 e. The average Bonchev–Trinajstić information content (AvgIpc) is 2.83. The van der Waals surface area contributed by atoms with E-state index in [1.54, 1.807) is 0 Å². The van der Waals surface area contributed by atoms with E-state index in [1.165, 1.54) is 51.5 Å². The molecule has 0 unspecified atom stereocenters. The largest absolute Gasteiger partial charge is 0.330 e. The fourth-order valence-corrected chi connectivity index (χ4v) is 1.55. The second-order valence-electron chi connectivity index (χ2n) is 4.54. The van der Waals surface area contributed by atoms with Crippen molar-refractivity contribution >= 4 is 0 Å². The fourth-order valence-electron chi connectivity index (χ4n) is 1.55. The Labute approximate surface area is 82.3 Å². The van der Waals surface area contributed by atoms with Gasteiger partial charge < -0.3 is 11.1 Å². The van der Waals surface area contributed by atoms with Crippen LogP contribution in [0.4, 0.5) is 0 Å². The highest BCUT2D eigenvalue weighted by atomic mass is 15.0. The van der Waals surface area contributed by atoms with Crippen LogP contribution in [0.3, 0.4) is 0 Å². The summed E-state index contributed by atoms with van der Waals surface area (Å²) in [5.41, 5.74) is 5.95. The van der Waals surface area contributed by atoms with E-state index < -0.39 is 0 Å². The van der Waals surface area contributed by atoms with Crippen molar-refractivity contribution in [2.24, 2.45) is 5.73 Å². The van der Waals surface area contributed by atoms with Gasteiger partial charge in [0.15, 0.2) is 0 Å². The van der Waals surface area contributed by atoms with E-state index in [2.05, 4.69) is 12.2 Å². The molecule has 1 aliphatic carbocycles. The van der Waals surface area contributed by atoms with Gasteiger partial charge in [-0.2, -0.15) is 0 Å². The van der Waals surface area contributed by atoms with Crippen LogP contribution in [0.15, 0.2) is 0 Å². The van der Waals surface area contributed by atoms with Crippen LogP contribution in [0.2, 0.25) is 0 Å². The van der Waals surface area contributed by atoms with Crippen LogP contribution in [0.1, 0.15) is 51.9 Å². The van der Waals surface area contributed by atoms with Gasteiger partial charge in [-0.25, -0.2) is 0 Å². The number of nitrogens with one attached hydrogen (secondary N) is 1. The van der Waals surface area contributed by atoms with Gasteiger partial charge in [0.05, 0.1) is 0 Å². The summed E-state index contributed by atoms with van der Waals surface area (Å²) in [5, 5.41) is 3.60. The molecule has 0 aliphatic heterocycles. The molecule has 2 heteroatoms. The van der Waals surface area contributed by atoms with E-state index in [0.717, 1.165) is 6.54 Å². The van der Waals surface area contributed by atoms with Crippen molar-refractivity contribution in [3.63, 3.8) is 0 Å². The quantitative estimate of drug-likeness (QED) is 0.567. The third-order valence-electron chi connectivity index (χ3n) is 2.93. The molecule has 1 aliphatic rings. The molecule has 0 spiro atoms.